The number of hydrogen-bond donors (Lipinski definition) is 1. The van der Waals surface area contributed by atoms with E-state index in [4.69, 9.17) is 0 Å². The lowest BCUT2D eigenvalue weighted by atomic mass is 10.0. The summed E-state index contributed by atoms with van der Waals surface area (Å²) >= 11 is 0. The second kappa shape index (κ2) is 9.71. The van der Waals surface area contributed by atoms with Gasteiger partial charge in [0.25, 0.3) is 11.5 Å². The minimum Gasteiger partial charge on any atom is -0.347 e. The number of aromatic nitrogens is 2. The van der Waals surface area contributed by atoms with Gasteiger partial charge >= 0.3 is 0 Å². The van der Waals surface area contributed by atoms with Crippen molar-refractivity contribution in [2.24, 2.45) is 0 Å². The van der Waals surface area contributed by atoms with E-state index in [0.717, 1.165) is 18.7 Å². The second-order valence-corrected chi connectivity index (χ2v) is 8.07. The Morgan fingerprint density at radius 3 is 2.52 bits per heavy atom. The molecule has 1 N–H and O–H groups in total. The summed E-state index contributed by atoms with van der Waals surface area (Å²) in [5, 5.41) is 7.23. The molecule has 1 aliphatic rings. The molecule has 1 saturated heterocycles. The number of nitrogens with one attached hydrogen (secondary N) is 1. The normalized spacial score (nSPS) is 16.7. The van der Waals surface area contributed by atoms with E-state index in [9.17, 15) is 9.59 Å². The van der Waals surface area contributed by atoms with Gasteiger partial charge in [-0.1, -0.05) is 48.9 Å². The van der Waals surface area contributed by atoms with Crippen molar-refractivity contribution in [3.63, 3.8) is 0 Å². The second-order valence-electron chi connectivity index (χ2n) is 8.07. The summed E-state index contributed by atoms with van der Waals surface area (Å²) in [4.78, 5) is 27.5. The SMILES string of the molecule is C[C@H]1CCCCN1Cc1ccccc1CNC(=O)c1ccc(=O)n(-c2ccccc2)n1. The highest BCUT2D eigenvalue weighted by Crippen LogP contribution is 2.20. The first kappa shape index (κ1) is 21.0. The lowest BCUT2D eigenvalue weighted by Gasteiger charge is -2.33. The summed E-state index contributed by atoms with van der Waals surface area (Å²) in [7, 11) is 0. The van der Waals surface area contributed by atoms with Crippen LogP contribution in [-0.4, -0.2) is 33.2 Å². The van der Waals surface area contributed by atoms with Gasteiger partial charge < -0.3 is 5.32 Å². The summed E-state index contributed by atoms with van der Waals surface area (Å²) in [6, 6.07) is 20.8. The van der Waals surface area contributed by atoms with E-state index in [1.54, 1.807) is 12.1 Å². The Labute approximate surface area is 182 Å². The molecule has 2 aromatic carbocycles. The number of likely N-dealkylation sites (tertiary alicyclic amines) is 1. The molecule has 0 unspecified atom stereocenters. The smallest absolute Gasteiger partial charge is 0.272 e. The highest BCUT2D eigenvalue weighted by Gasteiger charge is 2.19. The number of nitrogens with zero attached hydrogens (tertiary/aromatic N) is 3. The van der Waals surface area contributed by atoms with Gasteiger partial charge in [0.15, 0.2) is 0 Å². The van der Waals surface area contributed by atoms with Gasteiger partial charge in [0.2, 0.25) is 0 Å². The fraction of sp³-hybridized carbons (Fsp3) is 0.320. The maximum atomic E-state index is 12.8. The van der Waals surface area contributed by atoms with Gasteiger partial charge in [0, 0.05) is 25.2 Å². The first-order valence-electron chi connectivity index (χ1n) is 10.9. The fourth-order valence-electron chi connectivity index (χ4n) is 4.05. The minimum atomic E-state index is -0.300. The Morgan fingerprint density at radius 2 is 1.74 bits per heavy atom. The molecule has 1 atom stereocenters. The Hall–Kier alpha value is -3.25. The minimum absolute atomic E-state index is 0.214. The van der Waals surface area contributed by atoms with E-state index in [0.29, 0.717) is 18.3 Å². The largest absolute Gasteiger partial charge is 0.347 e. The van der Waals surface area contributed by atoms with Crippen LogP contribution in [0.5, 0.6) is 0 Å². The van der Waals surface area contributed by atoms with Gasteiger partial charge in [-0.2, -0.15) is 9.78 Å². The summed E-state index contributed by atoms with van der Waals surface area (Å²) in [6.07, 6.45) is 3.78. The van der Waals surface area contributed by atoms with Crippen LogP contribution in [0.1, 0.15) is 47.8 Å². The first-order valence-corrected chi connectivity index (χ1v) is 10.9. The predicted molar refractivity (Wildman–Crippen MR) is 121 cm³/mol. The van der Waals surface area contributed by atoms with Crippen LogP contribution in [0.15, 0.2) is 71.5 Å². The molecule has 6 heteroatoms. The molecule has 160 valence electrons. The van der Waals surface area contributed by atoms with E-state index >= 15 is 0 Å². The van der Waals surface area contributed by atoms with Gasteiger partial charge in [-0.05, 0) is 55.6 Å². The van der Waals surface area contributed by atoms with Crippen LogP contribution >= 0.6 is 0 Å². The number of hydrogen-bond acceptors (Lipinski definition) is 4. The molecule has 0 spiro atoms. The number of para-hydroxylation sites is 1. The third kappa shape index (κ3) is 5.09. The van der Waals surface area contributed by atoms with Crippen molar-refractivity contribution in [3.8, 4) is 5.69 Å². The van der Waals surface area contributed by atoms with Crippen molar-refractivity contribution in [2.75, 3.05) is 6.54 Å². The van der Waals surface area contributed by atoms with Crippen molar-refractivity contribution >= 4 is 5.91 Å². The highest BCUT2D eigenvalue weighted by atomic mass is 16.2. The van der Waals surface area contributed by atoms with E-state index in [-0.39, 0.29) is 17.2 Å². The number of benzene rings is 2. The van der Waals surface area contributed by atoms with E-state index < -0.39 is 0 Å². The van der Waals surface area contributed by atoms with E-state index in [1.807, 2.05) is 30.3 Å². The van der Waals surface area contributed by atoms with E-state index in [2.05, 4.69) is 34.4 Å². The molecule has 1 fully saturated rings. The lowest BCUT2D eigenvalue weighted by molar-refractivity contribution is 0.0943. The predicted octanol–water partition coefficient (Wildman–Crippen LogP) is 3.54. The molecule has 3 aromatic rings. The Kier molecular flexibility index (Phi) is 6.57. The third-order valence-electron chi connectivity index (χ3n) is 5.91. The molecule has 0 aliphatic carbocycles. The maximum Gasteiger partial charge on any atom is 0.272 e. The van der Waals surface area contributed by atoms with Crippen LogP contribution in [0.2, 0.25) is 0 Å². The number of carbonyl (C=O) groups excluding carboxylic acids is 1. The van der Waals surface area contributed by atoms with Gasteiger partial charge in [-0.15, -0.1) is 0 Å². The Balaban J connectivity index is 1.47. The standard InChI is InChI=1S/C25H28N4O2/c1-19-9-7-8-16-28(19)18-21-11-6-5-10-20(21)17-26-25(31)23-14-15-24(30)29(27-23)22-12-3-2-4-13-22/h2-6,10-15,19H,7-9,16-18H2,1H3,(H,26,31)/t19-/m0/s1. The summed E-state index contributed by atoms with van der Waals surface area (Å²) in [5.41, 5.74) is 2.90. The molecule has 4 rings (SSSR count). The van der Waals surface area contributed by atoms with Crippen molar-refractivity contribution in [1.82, 2.24) is 20.0 Å². The number of rotatable bonds is 6. The fourth-order valence-corrected chi connectivity index (χ4v) is 4.05. The Bertz CT molecular complexity index is 1090. The topological polar surface area (TPSA) is 67.2 Å². The quantitative estimate of drug-likeness (QED) is 0.668. The van der Waals surface area contributed by atoms with Crippen molar-refractivity contribution in [2.45, 2.75) is 45.3 Å². The molecule has 1 aliphatic heterocycles. The van der Waals surface area contributed by atoms with Crippen LogP contribution in [0.25, 0.3) is 5.69 Å². The lowest BCUT2D eigenvalue weighted by Crippen LogP contribution is -2.37. The van der Waals surface area contributed by atoms with Crippen LogP contribution in [0.4, 0.5) is 0 Å². The van der Waals surface area contributed by atoms with Crippen molar-refractivity contribution < 1.29 is 4.79 Å². The highest BCUT2D eigenvalue weighted by molar-refractivity contribution is 5.92. The van der Waals surface area contributed by atoms with Crippen LogP contribution in [0.3, 0.4) is 0 Å². The zero-order chi connectivity index (χ0) is 21.6. The average Bonchev–Trinajstić information content (AvgIpc) is 2.80. The van der Waals surface area contributed by atoms with Crippen LogP contribution in [0, 0.1) is 0 Å². The molecule has 0 saturated carbocycles. The maximum absolute atomic E-state index is 12.8. The zero-order valence-corrected chi connectivity index (χ0v) is 17.8. The third-order valence-corrected chi connectivity index (χ3v) is 5.91. The molecule has 1 amide bonds. The van der Waals surface area contributed by atoms with E-state index in [1.165, 1.54) is 41.6 Å². The van der Waals surface area contributed by atoms with Crippen LogP contribution in [-0.2, 0) is 13.1 Å². The molecule has 6 nitrogen and oxygen atoms in total. The molecule has 0 bridgehead atoms. The number of carbonyl (C=O) groups is 1. The summed E-state index contributed by atoms with van der Waals surface area (Å²) < 4.78 is 1.25. The molecule has 31 heavy (non-hydrogen) atoms. The Morgan fingerprint density at radius 1 is 1.00 bits per heavy atom. The van der Waals surface area contributed by atoms with Gasteiger partial charge in [-0.25, -0.2) is 0 Å². The molecule has 2 heterocycles. The van der Waals surface area contributed by atoms with Gasteiger partial charge in [0.05, 0.1) is 5.69 Å². The molecular formula is C25H28N4O2. The molecule has 1 aromatic heterocycles. The van der Waals surface area contributed by atoms with Crippen molar-refractivity contribution in [3.05, 3.63) is 93.9 Å². The number of piperidine rings is 1. The molecule has 0 radical (unpaired) electrons. The van der Waals surface area contributed by atoms with Crippen molar-refractivity contribution in [1.29, 1.82) is 0 Å². The number of amides is 1. The summed E-state index contributed by atoms with van der Waals surface area (Å²) in [6.45, 7) is 4.72. The van der Waals surface area contributed by atoms with Gasteiger partial charge in [-0.3, -0.25) is 14.5 Å². The molecular weight excluding hydrogens is 388 g/mol. The summed E-state index contributed by atoms with van der Waals surface area (Å²) in [5.74, 6) is -0.300. The first-order chi connectivity index (χ1) is 15.1. The zero-order valence-electron chi connectivity index (χ0n) is 17.8. The monoisotopic (exact) mass is 416 g/mol. The van der Waals surface area contributed by atoms with Crippen LogP contribution < -0.4 is 10.9 Å². The average molecular weight is 417 g/mol. The van der Waals surface area contributed by atoms with Gasteiger partial charge in [0.1, 0.15) is 5.69 Å².